The zero-order valence-electron chi connectivity index (χ0n) is 22.8. The molecule has 0 aliphatic heterocycles. The van der Waals surface area contributed by atoms with Crippen molar-refractivity contribution in [3.63, 3.8) is 0 Å². The van der Waals surface area contributed by atoms with E-state index in [9.17, 15) is 22.4 Å². The summed E-state index contributed by atoms with van der Waals surface area (Å²) in [4.78, 5) is 28.3. The highest BCUT2D eigenvalue weighted by molar-refractivity contribution is 7.92. The molecule has 9 heteroatoms. The second kappa shape index (κ2) is 13.4. The van der Waals surface area contributed by atoms with Crippen LogP contribution in [-0.2, 0) is 32.6 Å². The standard InChI is InChI=1S/C30H36FN3O4S/c1-5-22(3)32-30(36)23(4)33(20-25-12-16-26(31)17-13-25)29(35)21-34(27-18-14-24(6-2)15-19-27)39(37,38)28-10-8-7-9-11-28/h7-19,22-23H,5-6,20-21H2,1-4H3,(H,32,36)/t22-,23+/m1/s1. The summed E-state index contributed by atoms with van der Waals surface area (Å²) in [6.07, 6.45) is 1.49. The molecule has 208 valence electrons. The van der Waals surface area contributed by atoms with E-state index in [4.69, 9.17) is 0 Å². The maximum absolute atomic E-state index is 13.9. The van der Waals surface area contributed by atoms with Crippen LogP contribution in [0.4, 0.5) is 10.1 Å². The largest absolute Gasteiger partial charge is 0.352 e. The van der Waals surface area contributed by atoms with Crippen LogP contribution in [0.3, 0.4) is 0 Å². The second-order valence-electron chi connectivity index (χ2n) is 9.49. The number of carbonyl (C=O) groups excluding carboxylic acids is 2. The highest BCUT2D eigenvalue weighted by Gasteiger charge is 2.32. The van der Waals surface area contributed by atoms with Gasteiger partial charge in [0.1, 0.15) is 18.4 Å². The number of rotatable bonds is 12. The minimum atomic E-state index is -4.11. The van der Waals surface area contributed by atoms with Gasteiger partial charge in [-0.15, -0.1) is 0 Å². The van der Waals surface area contributed by atoms with Gasteiger partial charge in [0.05, 0.1) is 10.6 Å². The smallest absolute Gasteiger partial charge is 0.264 e. The first-order valence-electron chi connectivity index (χ1n) is 13.1. The summed E-state index contributed by atoms with van der Waals surface area (Å²) in [7, 11) is -4.11. The quantitative estimate of drug-likeness (QED) is 0.345. The molecule has 2 atom stereocenters. The fraction of sp³-hybridized carbons (Fsp3) is 0.333. The van der Waals surface area contributed by atoms with Crippen LogP contribution in [0.2, 0.25) is 0 Å². The molecule has 3 aromatic carbocycles. The maximum Gasteiger partial charge on any atom is 0.264 e. The van der Waals surface area contributed by atoms with Gasteiger partial charge in [-0.2, -0.15) is 0 Å². The van der Waals surface area contributed by atoms with Gasteiger partial charge in [0.15, 0.2) is 0 Å². The molecule has 39 heavy (non-hydrogen) atoms. The van der Waals surface area contributed by atoms with E-state index in [2.05, 4.69) is 5.32 Å². The SMILES string of the molecule is CCc1ccc(N(CC(=O)N(Cc2ccc(F)cc2)[C@@H](C)C(=O)N[C@H](C)CC)S(=O)(=O)c2ccccc2)cc1. The third-order valence-corrected chi connectivity index (χ3v) is 8.47. The number of hydrogen-bond acceptors (Lipinski definition) is 4. The number of hydrogen-bond donors (Lipinski definition) is 1. The molecule has 0 spiro atoms. The van der Waals surface area contributed by atoms with Crippen LogP contribution < -0.4 is 9.62 Å². The van der Waals surface area contributed by atoms with E-state index >= 15 is 0 Å². The summed E-state index contributed by atoms with van der Waals surface area (Å²) in [6.45, 7) is 6.88. The Morgan fingerprint density at radius 2 is 1.46 bits per heavy atom. The maximum atomic E-state index is 13.9. The number of halogens is 1. The molecule has 0 saturated carbocycles. The lowest BCUT2D eigenvalue weighted by atomic mass is 10.1. The van der Waals surface area contributed by atoms with Crippen molar-refractivity contribution in [1.29, 1.82) is 0 Å². The van der Waals surface area contributed by atoms with Crippen molar-refractivity contribution < 1.29 is 22.4 Å². The summed E-state index contributed by atoms with van der Waals surface area (Å²) in [5.74, 6) is -1.34. The second-order valence-corrected chi connectivity index (χ2v) is 11.3. The fourth-order valence-corrected chi connectivity index (χ4v) is 5.42. The molecule has 0 unspecified atom stereocenters. The first-order valence-corrected chi connectivity index (χ1v) is 14.5. The van der Waals surface area contributed by atoms with Gasteiger partial charge >= 0.3 is 0 Å². The lowest BCUT2D eigenvalue weighted by Crippen LogP contribution is -2.52. The topological polar surface area (TPSA) is 86.8 Å². The van der Waals surface area contributed by atoms with Crippen molar-refractivity contribution in [3.05, 3.63) is 95.8 Å². The lowest BCUT2D eigenvalue weighted by molar-refractivity contribution is -0.139. The number of aryl methyl sites for hydroxylation is 1. The molecule has 0 fully saturated rings. The van der Waals surface area contributed by atoms with Gasteiger partial charge < -0.3 is 10.2 Å². The Morgan fingerprint density at radius 1 is 0.872 bits per heavy atom. The van der Waals surface area contributed by atoms with Gasteiger partial charge in [0.2, 0.25) is 11.8 Å². The summed E-state index contributed by atoms with van der Waals surface area (Å²) >= 11 is 0. The number of carbonyl (C=O) groups is 2. The molecule has 7 nitrogen and oxygen atoms in total. The highest BCUT2D eigenvalue weighted by atomic mass is 32.2. The summed E-state index contributed by atoms with van der Waals surface area (Å²) in [6, 6.07) is 19.5. The van der Waals surface area contributed by atoms with Crippen molar-refractivity contribution >= 4 is 27.5 Å². The van der Waals surface area contributed by atoms with Crippen molar-refractivity contribution in [2.75, 3.05) is 10.8 Å². The third-order valence-electron chi connectivity index (χ3n) is 6.68. The number of nitrogens with one attached hydrogen (secondary N) is 1. The molecule has 0 aliphatic rings. The summed E-state index contributed by atoms with van der Waals surface area (Å²) in [5.41, 5.74) is 1.97. The molecular weight excluding hydrogens is 517 g/mol. The van der Waals surface area contributed by atoms with Crippen molar-refractivity contribution in [3.8, 4) is 0 Å². The number of sulfonamides is 1. The first kappa shape index (κ1) is 29.8. The Balaban J connectivity index is 2.01. The van der Waals surface area contributed by atoms with Crippen LogP contribution in [0.15, 0.2) is 83.8 Å². The molecule has 2 amide bonds. The van der Waals surface area contributed by atoms with Crippen LogP contribution in [0.1, 0.15) is 45.2 Å². The molecule has 0 aromatic heterocycles. The molecule has 0 bridgehead atoms. The Bertz CT molecular complexity index is 1350. The van der Waals surface area contributed by atoms with E-state index in [0.717, 1.165) is 16.3 Å². The fourth-order valence-electron chi connectivity index (χ4n) is 3.98. The Kier molecular flexibility index (Phi) is 10.2. The van der Waals surface area contributed by atoms with Gasteiger partial charge in [0, 0.05) is 12.6 Å². The average molecular weight is 554 g/mol. The molecule has 0 radical (unpaired) electrons. The Hall–Kier alpha value is -3.72. The van der Waals surface area contributed by atoms with E-state index in [0.29, 0.717) is 17.7 Å². The van der Waals surface area contributed by atoms with Gasteiger partial charge in [-0.3, -0.25) is 13.9 Å². The van der Waals surface area contributed by atoms with Crippen molar-refractivity contribution in [2.45, 2.75) is 64.1 Å². The van der Waals surface area contributed by atoms with Gasteiger partial charge in [-0.25, -0.2) is 12.8 Å². The van der Waals surface area contributed by atoms with Crippen LogP contribution in [0.25, 0.3) is 0 Å². The monoisotopic (exact) mass is 553 g/mol. The first-order chi connectivity index (χ1) is 18.6. The van der Waals surface area contributed by atoms with E-state index in [1.807, 2.05) is 32.9 Å². The molecule has 0 aliphatic carbocycles. The third kappa shape index (κ3) is 7.66. The van der Waals surface area contributed by atoms with E-state index in [1.165, 1.54) is 41.3 Å². The molecule has 0 heterocycles. The predicted molar refractivity (Wildman–Crippen MR) is 151 cm³/mol. The molecule has 3 aromatic rings. The van der Waals surface area contributed by atoms with Crippen LogP contribution >= 0.6 is 0 Å². The van der Waals surface area contributed by atoms with Gasteiger partial charge in [0.25, 0.3) is 10.0 Å². The number of anilines is 1. The van der Waals surface area contributed by atoms with E-state index < -0.39 is 34.3 Å². The molecule has 1 N–H and O–H groups in total. The molecule has 0 saturated heterocycles. The van der Waals surface area contributed by atoms with Crippen LogP contribution in [0.5, 0.6) is 0 Å². The number of nitrogens with zero attached hydrogens (tertiary/aromatic N) is 2. The minimum absolute atomic E-state index is 0.00219. The molecular formula is C30H36FN3O4S. The van der Waals surface area contributed by atoms with Gasteiger partial charge in [-0.05, 0) is 74.2 Å². The van der Waals surface area contributed by atoms with Crippen molar-refractivity contribution in [1.82, 2.24) is 10.2 Å². The van der Waals surface area contributed by atoms with E-state index in [1.54, 1.807) is 37.3 Å². The van der Waals surface area contributed by atoms with Crippen LogP contribution in [0, 0.1) is 5.82 Å². The normalized spacial score (nSPS) is 12.8. The summed E-state index contributed by atoms with van der Waals surface area (Å²) in [5, 5.41) is 2.89. The summed E-state index contributed by atoms with van der Waals surface area (Å²) < 4.78 is 42.1. The van der Waals surface area contributed by atoms with Crippen molar-refractivity contribution in [2.24, 2.45) is 0 Å². The average Bonchev–Trinajstić information content (AvgIpc) is 2.95. The number of amides is 2. The zero-order valence-corrected chi connectivity index (χ0v) is 23.6. The number of benzene rings is 3. The van der Waals surface area contributed by atoms with Gasteiger partial charge in [-0.1, -0.05) is 56.3 Å². The highest BCUT2D eigenvalue weighted by Crippen LogP contribution is 2.25. The Labute approximate surface area is 230 Å². The lowest BCUT2D eigenvalue weighted by Gasteiger charge is -2.32. The molecule has 3 rings (SSSR count). The zero-order chi connectivity index (χ0) is 28.6. The Morgan fingerprint density at radius 3 is 2.03 bits per heavy atom. The van der Waals surface area contributed by atoms with E-state index in [-0.39, 0.29) is 23.4 Å². The predicted octanol–water partition coefficient (Wildman–Crippen LogP) is 4.92. The van der Waals surface area contributed by atoms with Crippen LogP contribution in [-0.4, -0.2) is 43.8 Å². The minimum Gasteiger partial charge on any atom is -0.352 e.